The Balaban J connectivity index is 1.78. The van der Waals surface area contributed by atoms with Crippen LogP contribution in [0.2, 0.25) is 0 Å². The minimum Gasteiger partial charge on any atom is -0.278 e. The Labute approximate surface area is 167 Å². The first-order valence-electron chi connectivity index (χ1n) is 9.70. The van der Waals surface area contributed by atoms with Crippen LogP contribution in [0.3, 0.4) is 0 Å². The maximum absolute atomic E-state index is 5.19. The molecule has 3 heteroatoms. The summed E-state index contributed by atoms with van der Waals surface area (Å²) < 4.78 is 2.16. The molecule has 0 aliphatic carbocycles. The fourth-order valence-corrected chi connectivity index (χ4v) is 4.14. The van der Waals surface area contributed by atoms with Crippen molar-refractivity contribution in [3.8, 4) is 16.9 Å². The maximum atomic E-state index is 5.19. The largest absolute Gasteiger partial charge is 0.278 e. The van der Waals surface area contributed by atoms with E-state index in [1.54, 1.807) is 0 Å². The summed E-state index contributed by atoms with van der Waals surface area (Å²) in [7, 11) is 0. The van der Waals surface area contributed by atoms with Crippen molar-refractivity contribution < 1.29 is 0 Å². The number of pyridine rings is 2. The molecule has 0 radical (unpaired) electrons. The van der Waals surface area contributed by atoms with Gasteiger partial charge in [0, 0.05) is 27.9 Å². The summed E-state index contributed by atoms with van der Waals surface area (Å²) in [5.74, 6) is 0.878. The molecule has 3 aromatic heterocycles. The van der Waals surface area contributed by atoms with Gasteiger partial charge in [-0.3, -0.25) is 4.57 Å². The van der Waals surface area contributed by atoms with Crippen molar-refractivity contribution in [2.75, 3.05) is 0 Å². The second-order valence-corrected chi connectivity index (χ2v) is 7.14. The molecule has 6 rings (SSSR count). The molecule has 0 unspecified atom stereocenters. The number of nitrogens with zero attached hydrogens (tertiary/aromatic N) is 3. The fourth-order valence-electron chi connectivity index (χ4n) is 4.14. The highest BCUT2D eigenvalue weighted by atomic mass is 15.1. The molecule has 6 aromatic rings. The third-order valence-corrected chi connectivity index (χ3v) is 5.44. The third-order valence-electron chi connectivity index (χ3n) is 5.44. The predicted octanol–water partition coefficient (Wildman–Crippen LogP) is 6.39. The molecule has 0 amide bonds. The SMILES string of the molecule is c1ccc(-c2cccc3cc4c5ccccc5n(-c5ccccn5)c4nc23)cc1. The first-order valence-corrected chi connectivity index (χ1v) is 9.70. The molecule has 0 saturated heterocycles. The van der Waals surface area contributed by atoms with Crippen molar-refractivity contribution in [2.24, 2.45) is 0 Å². The molecule has 29 heavy (non-hydrogen) atoms. The van der Waals surface area contributed by atoms with Crippen LogP contribution in [-0.2, 0) is 0 Å². The third kappa shape index (κ3) is 2.44. The van der Waals surface area contributed by atoms with E-state index in [9.17, 15) is 0 Å². The van der Waals surface area contributed by atoms with Gasteiger partial charge in [0.15, 0.2) is 0 Å². The summed E-state index contributed by atoms with van der Waals surface area (Å²) in [5.41, 5.74) is 5.37. The topological polar surface area (TPSA) is 30.7 Å². The molecular weight excluding hydrogens is 354 g/mol. The van der Waals surface area contributed by atoms with Crippen LogP contribution in [0.15, 0.2) is 103 Å². The van der Waals surface area contributed by atoms with Crippen molar-refractivity contribution >= 4 is 32.8 Å². The summed E-state index contributed by atoms with van der Waals surface area (Å²) in [6.45, 7) is 0. The van der Waals surface area contributed by atoms with E-state index in [4.69, 9.17) is 4.98 Å². The minimum absolute atomic E-state index is 0.878. The second-order valence-electron chi connectivity index (χ2n) is 7.14. The molecule has 0 fully saturated rings. The Morgan fingerprint density at radius 3 is 2.34 bits per heavy atom. The molecule has 3 nitrogen and oxygen atoms in total. The van der Waals surface area contributed by atoms with Gasteiger partial charge in [-0.25, -0.2) is 9.97 Å². The van der Waals surface area contributed by atoms with E-state index in [-0.39, 0.29) is 0 Å². The van der Waals surface area contributed by atoms with E-state index in [0.717, 1.165) is 38.8 Å². The molecule has 0 spiro atoms. The molecule has 3 aromatic carbocycles. The second kappa shape index (κ2) is 6.28. The molecule has 0 aliphatic heterocycles. The van der Waals surface area contributed by atoms with Crippen LogP contribution >= 0.6 is 0 Å². The van der Waals surface area contributed by atoms with E-state index in [0.29, 0.717) is 0 Å². The molecule has 0 N–H and O–H groups in total. The van der Waals surface area contributed by atoms with Crippen LogP contribution in [0.4, 0.5) is 0 Å². The first-order chi connectivity index (χ1) is 14.4. The van der Waals surface area contributed by atoms with Gasteiger partial charge in [-0.2, -0.15) is 0 Å². The van der Waals surface area contributed by atoms with Gasteiger partial charge in [-0.05, 0) is 29.8 Å². The van der Waals surface area contributed by atoms with Gasteiger partial charge in [0.25, 0.3) is 0 Å². The van der Waals surface area contributed by atoms with Crippen LogP contribution in [0.25, 0.3) is 49.8 Å². The van der Waals surface area contributed by atoms with E-state index >= 15 is 0 Å². The zero-order valence-electron chi connectivity index (χ0n) is 15.7. The van der Waals surface area contributed by atoms with Crippen LogP contribution in [0, 0.1) is 0 Å². The van der Waals surface area contributed by atoms with Gasteiger partial charge in [0.2, 0.25) is 0 Å². The Kier molecular flexibility index (Phi) is 3.47. The average Bonchev–Trinajstić information content (AvgIpc) is 3.12. The van der Waals surface area contributed by atoms with Gasteiger partial charge >= 0.3 is 0 Å². The minimum atomic E-state index is 0.878. The first kappa shape index (κ1) is 16.0. The van der Waals surface area contributed by atoms with Crippen LogP contribution in [0.1, 0.15) is 0 Å². The Morgan fingerprint density at radius 2 is 1.48 bits per heavy atom. The van der Waals surface area contributed by atoms with Crippen molar-refractivity contribution in [1.82, 2.24) is 14.5 Å². The Morgan fingerprint density at radius 1 is 0.655 bits per heavy atom. The lowest BCUT2D eigenvalue weighted by Gasteiger charge is -2.09. The summed E-state index contributed by atoms with van der Waals surface area (Å²) in [4.78, 5) is 9.80. The van der Waals surface area contributed by atoms with Gasteiger partial charge in [0.1, 0.15) is 11.5 Å². The van der Waals surface area contributed by atoms with Crippen LogP contribution in [0.5, 0.6) is 0 Å². The molecular formula is C26H17N3. The Hall–Kier alpha value is -3.98. The zero-order valence-corrected chi connectivity index (χ0v) is 15.7. The molecule has 0 aliphatic rings. The summed E-state index contributed by atoms with van der Waals surface area (Å²) >= 11 is 0. The summed E-state index contributed by atoms with van der Waals surface area (Å²) in [5, 5.41) is 3.47. The number of hydrogen-bond donors (Lipinski definition) is 0. The zero-order chi connectivity index (χ0) is 19.2. The number of hydrogen-bond acceptors (Lipinski definition) is 2. The van der Waals surface area contributed by atoms with Gasteiger partial charge in [-0.15, -0.1) is 0 Å². The summed E-state index contributed by atoms with van der Waals surface area (Å²) in [6.07, 6.45) is 1.83. The van der Waals surface area contributed by atoms with E-state index in [2.05, 4.69) is 82.3 Å². The summed E-state index contributed by atoms with van der Waals surface area (Å²) in [6, 6.07) is 33.5. The van der Waals surface area contributed by atoms with E-state index in [1.165, 1.54) is 10.9 Å². The molecule has 0 saturated carbocycles. The maximum Gasteiger partial charge on any atom is 0.147 e. The standard InChI is InChI=1S/C26H17N3/c1-2-9-18(10-3-1)20-13-8-11-19-17-22-21-12-4-5-14-23(21)29(26(22)28-25(19)20)24-15-6-7-16-27-24/h1-17H. The van der Waals surface area contributed by atoms with Gasteiger partial charge in [-0.1, -0.05) is 72.8 Å². The van der Waals surface area contributed by atoms with Crippen molar-refractivity contribution in [3.05, 3.63) is 103 Å². The number of para-hydroxylation sites is 2. The lowest BCUT2D eigenvalue weighted by Crippen LogP contribution is -1.98. The number of rotatable bonds is 2. The van der Waals surface area contributed by atoms with Gasteiger partial charge in [0.05, 0.1) is 11.0 Å². The molecule has 3 heterocycles. The van der Waals surface area contributed by atoms with Crippen LogP contribution < -0.4 is 0 Å². The lowest BCUT2D eigenvalue weighted by molar-refractivity contribution is 1.06. The molecule has 0 atom stereocenters. The highest BCUT2D eigenvalue weighted by Crippen LogP contribution is 2.35. The normalized spacial score (nSPS) is 11.4. The van der Waals surface area contributed by atoms with E-state index in [1.807, 2.05) is 30.5 Å². The van der Waals surface area contributed by atoms with Gasteiger partial charge < -0.3 is 0 Å². The quantitative estimate of drug-likeness (QED) is 0.353. The van der Waals surface area contributed by atoms with Crippen LogP contribution in [-0.4, -0.2) is 14.5 Å². The lowest BCUT2D eigenvalue weighted by atomic mass is 10.0. The predicted molar refractivity (Wildman–Crippen MR) is 119 cm³/mol. The smallest absolute Gasteiger partial charge is 0.147 e. The van der Waals surface area contributed by atoms with E-state index < -0.39 is 0 Å². The molecule has 0 bridgehead atoms. The number of aromatic nitrogens is 3. The molecule has 136 valence electrons. The monoisotopic (exact) mass is 371 g/mol. The highest BCUT2D eigenvalue weighted by molar-refractivity contribution is 6.12. The Bertz CT molecular complexity index is 1480. The fraction of sp³-hybridized carbons (Fsp3) is 0. The number of fused-ring (bicyclic) bond motifs is 4. The van der Waals surface area contributed by atoms with Crippen molar-refractivity contribution in [1.29, 1.82) is 0 Å². The average molecular weight is 371 g/mol. The van der Waals surface area contributed by atoms with Crippen molar-refractivity contribution in [3.63, 3.8) is 0 Å². The highest BCUT2D eigenvalue weighted by Gasteiger charge is 2.16. The number of benzene rings is 3. The van der Waals surface area contributed by atoms with Crippen molar-refractivity contribution in [2.45, 2.75) is 0 Å².